The van der Waals surface area contributed by atoms with Crippen molar-refractivity contribution in [3.63, 3.8) is 0 Å². The first-order valence-electron chi connectivity index (χ1n) is 10.4. The molecule has 0 saturated carbocycles. The predicted octanol–water partition coefficient (Wildman–Crippen LogP) is 4.31. The van der Waals surface area contributed by atoms with Gasteiger partial charge in [0, 0.05) is 32.1 Å². The van der Waals surface area contributed by atoms with Crippen molar-refractivity contribution in [2.75, 3.05) is 7.11 Å². The number of nitrogens with zero attached hydrogens (tertiary/aromatic N) is 4. The Kier molecular flexibility index (Phi) is 6.74. The smallest absolute Gasteiger partial charge is 0.275 e. The first kappa shape index (κ1) is 21.2. The summed E-state index contributed by atoms with van der Waals surface area (Å²) in [5.74, 6) is 0.839. The van der Waals surface area contributed by atoms with Gasteiger partial charge in [-0.2, -0.15) is 9.61 Å². The molecule has 2 aromatic heterocycles. The molecule has 0 aliphatic heterocycles. The number of benzene rings is 2. The van der Waals surface area contributed by atoms with Crippen molar-refractivity contribution in [2.24, 2.45) is 0 Å². The van der Waals surface area contributed by atoms with Crippen molar-refractivity contribution in [2.45, 2.75) is 39.4 Å². The summed E-state index contributed by atoms with van der Waals surface area (Å²) < 4.78 is 6.69. The summed E-state index contributed by atoms with van der Waals surface area (Å²) in [5.41, 5.74) is 3.04. The zero-order valence-electron chi connectivity index (χ0n) is 17.8. The van der Waals surface area contributed by atoms with E-state index in [1.165, 1.54) is 27.0 Å². The standard InChI is InChI=1S/C24H26N4O2S/c1-3-7-22-26-28-23(29)14-20(25-24(28)31-22)17-27(15-18-8-5-4-6-9-18)16-19-10-12-21(30-2)13-11-19/h4-6,8-14H,3,7,15-17H2,1-2H3. The lowest BCUT2D eigenvalue weighted by molar-refractivity contribution is 0.244. The second-order valence-corrected chi connectivity index (χ2v) is 8.55. The summed E-state index contributed by atoms with van der Waals surface area (Å²) in [6, 6.07) is 20.0. The second kappa shape index (κ2) is 9.85. The highest BCUT2D eigenvalue weighted by atomic mass is 32.1. The monoisotopic (exact) mass is 434 g/mol. The lowest BCUT2D eigenvalue weighted by Gasteiger charge is -2.22. The van der Waals surface area contributed by atoms with Crippen molar-refractivity contribution < 1.29 is 4.74 Å². The van der Waals surface area contributed by atoms with Gasteiger partial charge < -0.3 is 4.74 Å². The van der Waals surface area contributed by atoms with E-state index in [9.17, 15) is 4.79 Å². The van der Waals surface area contributed by atoms with Crippen LogP contribution in [0, 0.1) is 0 Å². The van der Waals surface area contributed by atoms with E-state index in [-0.39, 0.29) is 5.56 Å². The highest BCUT2D eigenvalue weighted by Gasteiger charge is 2.13. The van der Waals surface area contributed by atoms with Crippen LogP contribution in [0.15, 0.2) is 65.5 Å². The Bertz CT molecular complexity index is 1190. The third-order valence-electron chi connectivity index (χ3n) is 5.00. The normalized spacial score (nSPS) is 11.3. The molecule has 0 atom stereocenters. The van der Waals surface area contributed by atoms with Gasteiger partial charge in [0.25, 0.3) is 5.56 Å². The van der Waals surface area contributed by atoms with Crippen LogP contribution in [0.25, 0.3) is 4.96 Å². The van der Waals surface area contributed by atoms with E-state index >= 15 is 0 Å². The van der Waals surface area contributed by atoms with E-state index in [4.69, 9.17) is 9.72 Å². The Morgan fingerprint density at radius 2 is 1.71 bits per heavy atom. The van der Waals surface area contributed by atoms with E-state index in [0.717, 1.165) is 42.4 Å². The van der Waals surface area contributed by atoms with Crippen LogP contribution in [0.2, 0.25) is 0 Å². The molecule has 0 aliphatic rings. The molecular formula is C24H26N4O2S. The van der Waals surface area contributed by atoms with Crippen LogP contribution in [-0.2, 0) is 26.1 Å². The fourth-order valence-electron chi connectivity index (χ4n) is 3.52. The maximum Gasteiger partial charge on any atom is 0.275 e. The van der Waals surface area contributed by atoms with Crippen LogP contribution in [0.1, 0.15) is 35.2 Å². The number of aromatic nitrogens is 3. The van der Waals surface area contributed by atoms with E-state index in [1.807, 2.05) is 30.3 Å². The van der Waals surface area contributed by atoms with Gasteiger partial charge in [0.2, 0.25) is 4.96 Å². The van der Waals surface area contributed by atoms with Gasteiger partial charge in [-0.25, -0.2) is 4.98 Å². The van der Waals surface area contributed by atoms with Crippen molar-refractivity contribution in [1.82, 2.24) is 19.5 Å². The molecule has 0 aliphatic carbocycles. The molecule has 2 heterocycles. The molecule has 0 unspecified atom stereocenters. The summed E-state index contributed by atoms with van der Waals surface area (Å²) in [5, 5.41) is 5.36. The van der Waals surface area contributed by atoms with Crippen LogP contribution >= 0.6 is 11.3 Å². The highest BCUT2D eigenvalue weighted by Crippen LogP contribution is 2.18. The van der Waals surface area contributed by atoms with Gasteiger partial charge in [-0.3, -0.25) is 9.69 Å². The SMILES string of the molecule is CCCc1nn2c(=O)cc(CN(Cc3ccccc3)Cc3ccc(OC)cc3)nc2s1. The van der Waals surface area contributed by atoms with Crippen molar-refractivity contribution in [3.05, 3.63) is 92.8 Å². The summed E-state index contributed by atoms with van der Waals surface area (Å²) in [6.45, 7) is 4.18. The number of rotatable bonds is 9. The van der Waals surface area contributed by atoms with Crippen molar-refractivity contribution in [1.29, 1.82) is 0 Å². The molecule has 0 saturated heterocycles. The topological polar surface area (TPSA) is 59.7 Å². The molecule has 2 aromatic carbocycles. The van der Waals surface area contributed by atoms with Gasteiger partial charge >= 0.3 is 0 Å². The summed E-state index contributed by atoms with van der Waals surface area (Å²) in [6.07, 6.45) is 1.86. The Morgan fingerprint density at radius 3 is 2.39 bits per heavy atom. The van der Waals surface area contributed by atoms with Crippen LogP contribution < -0.4 is 10.3 Å². The summed E-state index contributed by atoms with van der Waals surface area (Å²) in [7, 11) is 1.67. The number of ether oxygens (including phenoxy) is 1. The van der Waals surface area contributed by atoms with Crippen LogP contribution in [0.5, 0.6) is 5.75 Å². The molecule has 0 fully saturated rings. The lowest BCUT2D eigenvalue weighted by atomic mass is 10.1. The third kappa shape index (κ3) is 5.37. The fraction of sp³-hybridized carbons (Fsp3) is 0.292. The molecule has 4 rings (SSSR count). The van der Waals surface area contributed by atoms with Gasteiger partial charge in [-0.1, -0.05) is 60.7 Å². The molecule has 31 heavy (non-hydrogen) atoms. The molecule has 160 valence electrons. The average molecular weight is 435 g/mol. The zero-order chi connectivity index (χ0) is 21.6. The molecule has 0 radical (unpaired) electrons. The Morgan fingerprint density at radius 1 is 1.00 bits per heavy atom. The van der Waals surface area contributed by atoms with Gasteiger partial charge in [0.1, 0.15) is 10.8 Å². The minimum Gasteiger partial charge on any atom is -0.497 e. The second-order valence-electron chi connectivity index (χ2n) is 7.50. The zero-order valence-corrected chi connectivity index (χ0v) is 18.6. The third-order valence-corrected chi connectivity index (χ3v) is 5.97. The van der Waals surface area contributed by atoms with E-state index in [2.05, 4.69) is 41.2 Å². The van der Waals surface area contributed by atoms with E-state index in [0.29, 0.717) is 11.5 Å². The summed E-state index contributed by atoms with van der Waals surface area (Å²) in [4.78, 5) is 20.3. The quantitative estimate of drug-likeness (QED) is 0.393. The minimum atomic E-state index is -0.122. The Labute approximate surface area is 185 Å². The number of methoxy groups -OCH3 is 1. The summed E-state index contributed by atoms with van der Waals surface area (Å²) >= 11 is 1.50. The number of hydrogen-bond acceptors (Lipinski definition) is 6. The molecule has 6 nitrogen and oxygen atoms in total. The first-order valence-corrected chi connectivity index (χ1v) is 11.2. The number of hydrogen-bond donors (Lipinski definition) is 0. The van der Waals surface area contributed by atoms with Gasteiger partial charge in [-0.15, -0.1) is 0 Å². The maximum atomic E-state index is 12.6. The molecule has 4 aromatic rings. The van der Waals surface area contributed by atoms with Gasteiger partial charge in [-0.05, 0) is 29.7 Å². The molecule has 0 N–H and O–H groups in total. The molecule has 0 spiro atoms. The van der Waals surface area contributed by atoms with Crippen LogP contribution in [-0.4, -0.2) is 26.6 Å². The minimum absolute atomic E-state index is 0.122. The largest absolute Gasteiger partial charge is 0.497 e. The van der Waals surface area contributed by atoms with Crippen LogP contribution in [0.3, 0.4) is 0 Å². The predicted molar refractivity (Wildman–Crippen MR) is 124 cm³/mol. The van der Waals surface area contributed by atoms with Crippen molar-refractivity contribution >= 4 is 16.3 Å². The lowest BCUT2D eigenvalue weighted by Crippen LogP contribution is -2.25. The molecule has 7 heteroatoms. The highest BCUT2D eigenvalue weighted by molar-refractivity contribution is 7.16. The first-order chi connectivity index (χ1) is 15.1. The van der Waals surface area contributed by atoms with Gasteiger partial charge in [0.05, 0.1) is 12.8 Å². The molecule has 0 amide bonds. The van der Waals surface area contributed by atoms with Gasteiger partial charge in [0.15, 0.2) is 0 Å². The van der Waals surface area contributed by atoms with Crippen molar-refractivity contribution in [3.8, 4) is 5.75 Å². The Balaban J connectivity index is 1.60. The van der Waals surface area contributed by atoms with E-state index in [1.54, 1.807) is 13.2 Å². The Hall–Kier alpha value is -3.03. The fourth-order valence-corrected chi connectivity index (χ4v) is 4.54. The molecular weight excluding hydrogens is 408 g/mol. The number of fused-ring (bicyclic) bond motifs is 1. The number of aryl methyl sites for hydroxylation is 1. The van der Waals surface area contributed by atoms with E-state index < -0.39 is 0 Å². The van der Waals surface area contributed by atoms with Crippen LogP contribution in [0.4, 0.5) is 0 Å². The maximum absolute atomic E-state index is 12.6. The molecule has 0 bridgehead atoms. The average Bonchev–Trinajstić information content (AvgIpc) is 3.18.